The second-order valence-electron chi connectivity index (χ2n) is 8.09. The van der Waals surface area contributed by atoms with Crippen molar-refractivity contribution < 1.29 is 18.0 Å². The van der Waals surface area contributed by atoms with Crippen molar-refractivity contribution in [2.24, 2.45) is 13.0 Å². The van der Waals surface area contributed by atoms with Gasteiger partial charge in [0.25, 0.3) is 0 Å². The van der Waals surface area contributed by atoms with Crippen LogP contribution in [0.4, 0.5) is 13.2 Å². The standard InChI is InChI=1S/C24H27F3N2O/c1-16(2)12-13-28-23(30)14-19(17-8-4-6-10-21(17)24(25,26)27)20-15-29(3)22-11-7-5-9-18(20)22/h4-11,15-16,19H,12-14H2,1-3H3,(H,28,30). The van der Waals surface area contributed by atoms with E-state index in [-0.39, 0.29) is 17.9 Å². The Kier molecular flexibility index (Phi) is 6.54. The summed E-state index contributed by atoms with van der Waals surface area (Å²) in [5.41, 5.74) is 1.07. The maximum Gasteiger partial charge on any atom is 0.416 e. The maximum atomic E-state index is 13.8. The molecule has 6 heteroatoms. The molecule has 1 atom stereocenters. The van der Waals surface area contributed by atoms with Crippen molar-refractivity contribution in [3.63, 3.8) is 0 Å². The molecule has 3 rings (SSSR count). The van der Waals surface area contributed by atoms with Gasteiger partial charge in [0.05, 0.1) is 5.56 Å². The van der Waals surface area contributed by atoms with Gasteiger partial charge >= 0.3 is 6.18 Å². The van der Waals surface area contributed by atoms with Gasteiger partial charge in [0, 0.05) is 43.0 Å². The fraction of sp³-hybridized carbons (Fsp3) is 0.375. The van der Waals surface area contributed by atoms with E-state index in [1.165, 1.54) is 12.1 Å². The number of aromatic nitrogens is 1. The second-order valence-corrected chi connectivity index (χ2v) is 8.09. The summed E-state index contributed by atoms with van der Waals surface area (Å²) in [6.07, 6.45) is -1.87. The first-order valence-electron chi connectivity index (χ1n) is 10.1. The van der Waals surface area contributed by atoms with Crippen LogP contribution >= 0.6 is 0 Å². The lowest BCUT2D eigenvalue weighted by molar-refractivity contribution is -0.138. The molecular formula is C24H27F3N2O. The van der Waals surface area contributed by atoms with E-state index in [0.29, 0.717) is 12.5 Å². The summed E-state index contributed by atoms with van der Waals surface area (Å²) in [5.74, 6) is -0.511. The first-order chi connectivity index (χ1) is 14.2. The number of hydrogen-bond acceptors (Lipinski definition) is 1. The number of benzene rings is 2. The van der Waals surface area contributed by atoms with E-state index < -0.39 is 17.7 Å². The van der Waals surface area contributed by atoms with E-state index in [1.807, 2.05) is 42.1 Å². The molecule has 0 aliphatic carbocycles. The van der Waals surface area contributed by atoms with Crippen molar-refractivity contribution in [3.05, 3.63) is 71.4 Å². The zero-order chi connectivity index (χ0) is 21.9. The summed E-state index contributed by atoms with van der Waals surface area (Å²) in [5, 5.41) is 3.73. The molecule has 1 unspecified atom stereocenters. The minimum absolute atomic E-state index is 0.0425. The van der Waals surface area contributed by atoms with Gasteiger partial charge in [0.15, 0.2) is 0 Å². The number of rotatable bonds is 7. The molecule has 1 amide bonds. The van der Waals surface area contributed by atoms with Crippen molar-refractivity contribution in [3.8, 4) is 0 Å². The summed E-state index contributed by atoms with van der Waals surface area (Å²) in [4.78, 5) is 12.7. The van der Waals surface area contributed by atoms with Crippen LogP contribution in [0.3, 0.4) is 0 Å². The minimum atomic E-state index is -4.49. The Morgan fingerprint density at radius 1 is 1.03 bits per heavy atom. The first kappa shape index (κ1) is 21.9. The lowest BCUT2D eigenvalue weighted by Gasteiger charge is -2.22. The smallest absolute Gasteiger partial charge is 0.356 e. The van der Waals surface area contributed by atoms with Gasteiger partial charge in [-0.3, -0.25) is 4.79 Å². The zero-order valence-corrected chi connectivity index (χ0v) is 17.5. The van der Waals surface area contributed by atoms with Gasteiger partial charge in [0.2, 0.25) is 5.91 Å². The van der Waals surface area contributed by atoms with Crippen LogP contribution in [0.5, 0.6) is 0 Å². The fourth-order valence-electron chi connectivity index (χ4n) is 3.86. The minimum Gasteiger partial charge on any atom is -0.356 e. The average Bonchev–Trinajstić information content (AvgIpc) is 3.02. The molecule has 0 saturated carbocycles. The Balaban J connectivity index is 2.05. The largest absolute Gasteiger partial charge is 0.416 e. The average molecular weight is 416 g/mol. The normalized spacial score (nSPS) is 13.0. The van der Waals surface area contributed by atoms with Crippen LogP contribution in [-0.2, 0) is 18.0 Å². The molecule has 0 spiro atoms. The number of aryl methyl sites for hydroxylation is 1. The van der Waals surface area contributed by atoms with Crippen molar-refractivity contribution in [1.82, 2.24) is 9.88 Å². The van der Waals surface area contributed by atoms with Crippen LogP contribution in [0.15, 0.2) is 54.7 Å². The predicted molar refractivity (Wildman–Crippen MR) is 113 cm³/mol. The van der Waals surface area contributed by atoms with Crippen molar-refractivity contribution >= 4 is 16.8 Å². The molecular weight excluding hydrogens is 389 g/mol. The number of carbonyl (C=O) groups excluding carboxylic acids is 1. The number of amides is 1. The Morgan fingerprint density at radius 3 is 2.40 bits per heavy atom. The molecule has 3 aromatic rings. The van der Waals surface area contributed by atoms with Gasteiger partial charge in [-0.1, -0.05) is 50.2 Å². The quantitative estimate of drug-likeness (QED) is 0.513. The Hall–Kier alpha value is -2.76. The molecule has 160 valence electrons. The monoisotopic (exact) mass is 416 g/mol. The molecule has 0 aliphatic heterocycles. The topological polar surface area (TPSA) is 34.0 Å². The number of fused-ring (bicyclic) bond motifs is 1. The lowest BCUT2D eigenvalue weighted by Crippen LogP contribution is -2.27. The number of nitrogens with one attached hydrogen (secondary N) is 1. The third kappa shape index (κ3) is 4.86. The van der Waals surface area contributed by atoms with Crippen LogP contribution in [0.25, 0.3) is 10.9 Å². The molecule has 0 aliphatic rings. The molecule has 0 radical (unpaired) electrons. The molecule has 0 fully saturated rings. The molecule has 1 N–H and O–H groups in total. The molecule has 1 heterocycles. The lowest BCUT2D eigenvalue weighted by atomic mass is 9.85. The van der Waals surface area contributed by atoms with E-state index in [2.05, 4.69) is 19.2 Å². The van der Waals surface area contributed by atoms with E-state index in [4.69, 9.17) is 0 Å². The number of nitrogens with zero attached hydrogens (tertiary/aromatic N) is 1. The molecule has 3 nitrogen and oxygen atoms in total. The van der Waals surface area contributed by atoms with Crippen LogP contribution < -0.4 is 5.32 Å². The maximum absolute atomic E-state index is 13.8. The van der Waals surface area contributed by atoms with Gasteiger partial charge in [-0.15, -0.1) is 0 Å². The summed E-state index contributed by atoms with van der Waals surface area (Å²) < 4.78 is 43.2. The molecule has 1 aromatic heterocycles. The Morgan fingerprint density at radius 2 is 1.70 bits per heavy atom. The zero-order valence-electron chi connectivity index (χ0n) is 17.5. The number of halogens is 3. The Labute approximate surface area is 174 Å². The van der Waals surface area contributed by atoms with Gasteiger partial charge in [-0.05, 0) is 35.6 Å². The van der Waals surface area contributed by atoms with Gasteiger partial charge in [-0.25, -0.2) is 0 Å². The van der Waals surface area contributed by atoms with Gasteiger partial charge in [-0.2, -0.15) is 13.2 Å². The van der Waals surface area contributed by atoms with E-state index in [1.54, 1.807) is 6.07 Å². The van der Waals surface area contributed by atoms with E-state index in [0.717, 1.165) is 29.0 Å². The van der Waals surface area contributed by atoms with Gasteiger partial charge in [0.1, 0.15) is 0 Å². The van der Waals surface area contributed by atoms with E-state index in [9.17, 15) is 18.0 Å². The summed E-state index contributed by atoms with van der Waals surface area (Å²) in [6.45, 7) is 4.63. The van der Waals surface area contributed by atoms with Crippen LogP contribution in [0.1, 0.15) is 49.3 Å². The third-order valence-electron chi connectivity index (χ3n) is 5.38. The van der Waals surface area contributed by atoms with Crippen LogP contribution in [0.2, 0.25) is 0 Å². The molecule has 30 heavy (non-hydrogen) atoms. The van der Waals surface area contributed by atoms with E-state index >= 15 is 0 Å². The van der Waals surface area contributed by atoms with Gasteiger partial charge < -0.3 is 9.88 Å². The van der Waals surface area contributed by atoms with Crippen molar-refractivity contribution in [2.75, 3.05) is 6.54 Å². The summed E-state index contributed by atoms with van der Waals surface area (Å²) >= 11 is 0. The highest BCUT2D eigenvalue weighted by Crippen LogP contribution is 2.41. The van der Waals surface area contributed by atoms with Crippen LogP contribution in [-0.4, -0.2) is 17.0 Å². The van der Waals surface area contributed by atoms with Crippen molar-refractivity contribution in [1.29, 1.82) is 0 Å². The number of para-hydroxylation sites is 1. The third-order valence-corrected chi connectivity index (χ3v) is 5.38. The highest BCUT2D eigenvalue weighted by molar-refractivity contribution is 5.86. The molecule has 2 aromatic carbocycles. The number of carbonyl (C=O) groups is 1. The Bertz CT molecular complexity index is 1020. The fourth-order valence-corrected chi connectivity index (χ4v) is 3.86. The summed E-state index contributed by atoms with van der Waals surface area (Å²) in [7, 11) is 1.86. The predicted octanol–water partition coefficient (Wildman–Crippen LogP) is 5.88. The number of hydrogen-bond donors (Lipinski definition) is 1. The molecule has 0 saturated heterocycles. The highest BCUT2D eigenvalue weighted by Gasteiger charge is 2.36. The highest BCUT2D eigenvalue weighted by atomic mass is 19.4. The first-order valence-corrected chi connectivity index (χ1v) is 10.1. The van der Waals surface area contributed by atoms with Crippen LogP contribution in [0, 0.1) is 5.92 Å². The number of alkyl halides is 3. The van der Waals surface area contributed by atoms with Crippen molar-refractivity contribution in [2.45, 2.75) is 38.8 Å². The summed E-state index contributed by atoms with van der Waals surface area (Å²) in [6, 6.07) is 13.1. The SMILES string of the molecule is CC(C)CCNC(=O)CC(c1ccccc1C(F)(F)F)c1cn(C)c2ccccc12. The molecule has 0 bridgehead atoms. The second kappa shape index (κ2) is 8.94.